The Hall–Kier alpha value is -8.66. The maximum absolute atomic E-state index is 14.2. The summed E-state index contributed by atoms with van der Waals surface area (Å²) >= 11 is 0. The van der Waals surface area contributed by atoms with Gasteiger partial charge < -0.3 is 115 Å². The monoisotopic (exact) mass is 1280 g/mol. The van der Waals surface area contributed by atoms with Crippen molar-refractivity contribution in [3.05, 3.63) is 52.1 Å². The Morgan fingerprint density at radius 2 is 1.01 bits per heavy atom. The van der Waals surface area contributed by atoms with Crippen molar-refractivity contribution in [2.45, 2.75) is 163 Å². The number of rotatable bonds is 41. The molecule has 3 aromatic rings. The Morgan fingerprint density at radius 3 is 1.49 bits per heavy atom. The van der Waals surface area contributed by atoms with Gasteiger partial charge in [0.25, 0.3) is 11.5 Å². The number of aliphatic hydroxyl groups is 10. The summed E-state index contributed by atoms with van der Waals surface area (Å²) in [5, 5.41) is 139. The number of nitrogens with two attached hydrogens (primary N) is 1. The van der Waals surface area contributed by atoms with Crippen LogP contribution in [-0.4, -0.2) is 253 Å². The molecule has 0 aliphatic carbocycles. The molecule has 0 fully saturated rings. The number of amides is 8. The van der Waals surface area contributed by atoms with Crippen LogP contribution in [0, 0.1) is 0 Å². The van der Waals surface area contributed by atoms with Gasteiger partial charge in [-0.3, -0.25) is 57.7 Å². The number of aromatic amines is 1. The zero-order valence-electron chi connectivity index (χ0n) is 49.0. The second-order valence-corrected chi connectivity index (χ2v) is 20.7. The largest absolute Gasteiger partial charge is 0.481 e. The first kappa shape index (κ1) is 75.6. The molecule has 0 saturated carbocycles. The number of anilines is 2. The molecule has 2 aromatic heterocycles. The van der Waals surface area contributed by atoms with E-state index in [0.717, 1.165) is 0 Å². The van der Waals surface area contributed by atoms with E-state index in [9.17, 15) is 98.7 Å². The molecule has 0 aliphatic rings. The highest BCUT2D eigenvalue weighted by Crippen LogP contribution is 2.15. The second-order valence-electron chi connectivity index (χ2n) is 20.7. The van der Waals surface area contributed by atoms with Gasteiger partial charge in [0.2, 0.25) is 47.3 Å². The first-order chi connectivity index (χ1) is 42.5. The Labute approximate surface area is 512 Å². The maximum Gasteiger partial charge on any atom is 0.303 e. The van der Waals surface area contributed by atoms with E-state index in [2.05, 4.69) is 67.8 Å². The van der Waals surface area contributed by atoms with E-state index in [1.165, 1.54) is 25.4 Å². The summed E-state index contributed by atoms with van der Waals surface area (Å²) in [7, 11) is 1.20. The fraction of sp³-hybridized carbons (Fsp3) is 0.585. The number of aliphatic carboxylic acids is 2. The number of aliphatic hydroxyl groups excluding tert-OH is 10. The van der Waals surface area contributed by atoms with Crippen molar-refractivity contribution < 1.29 is 109 Å². The Balaban J connectivity index is 1.84. The quantitative estimate of drug-likeness (QED) is 0.0251. The van der Waals surface area contributed by atoms with E-state index < -0.39 is 221 Å². The number of H-pyrrole nitrogens is 1. The number of carbonyl (C=O) groups excluding carboxylic acids is 8. The van der Waals surface area contributed by atoms with Gasteiger partial charge in [0.15, 0.2) is 11.2 Å². The zero-order chi connectivity index (χ0) is 67.4. The van der Waals surface area contributed by atoms with Crippen LogP contribution in [-0.2, 0) is 49.7 Å². The van der Waals surface area contributed by atoms with Gasteiger partial charge in [-0.1, -0.05) is 0 Å². The average Bonchev–Trinajstić information content (AvgIpc) is 2.25. The average molecular weight is 1280 g/mol. The molecule has 1 aromatic carbocycles. The van der Waals surface area contributed by atoms with E-state index in [0.29, 0.717) is 11.4 Å². The molecular formula is C53H80N14O23. The second kappa shape index (κ2) is 38.0. The molecule has 0 saturated heterocycles. The molecule has 0 radical (unpaired) electrons. The highest BCUT2D eigenvalue weighted by molar-refractivity contribution is 5.97. The number of nitrogen functional groups attached to an aromatic ring is 1. The third-order valence-corrected chi connectivity index (χ3v) is 13.6. The van der Waals surface area contributed by atoms with Crippen LogP contribution < -0.4 is 59.1 Å². The molecule has 37 heteroatoms. The van der Waals surface area contributed by atoms with Gasteiger partial charge >= 0.3 is 11.9 Å². The number of fused-ring (bicyclic) bond motifs is 1. The van der Waals surface area contributed by atoms with Gasteiger partial charge in [0.1, 0.15) is 60.8 Å². The van der Waals surface area contributed by atoms with E-state index in [-0.39, 0.29) is 48.5 Å². The fourth-order valence-corrected chi connectivity index (χ4v) is 8.31. The third-order valence-electron chi connectivity index (χ3n) is 13.6. The molecule has 500 valence electrons. The molecule has 0 unspecified atom stereocenters. The molecule has 0 bridgehead atoms. The van der Waals surface area contributed by atoms with Crippen LogP contribution in [0.15, 0.2) is 35.3 Å². The molecule has 8 amide bonds. The molecule has 37 nitrogen and oxygen atoms in total. The van der Waals surface area contributed by atoms with Crippen LogP contribution in [0.4, 0.5) is 11.6 Å². The lowest BCUT2D eigenvalue weighted by Gasteiger charge is -2.27. The normalized spacial score (nSPS) is 15.6. The molecule has 2 heterocycles. The van der Waals surface area contributed by atoms with Crippen LogP contribution in [0.1, 0.15) is 93.6 Å². The Kier molecular flexibility index (Phi) is 31.9. The highest BCUT2D eigenvalue weighted by Gasteiger charge is 2.35. The molecular weight excluding hydrogens is 1200 g/mol. The number of hydrogen-bond acceptors (Lipinski definition) is 26. The standard InChI is InChI=1S/C53H80N14O23/c1-24(60-47(85)25-7-9-26(10-8-25)56-18-27-19-59-46-41(61-27)52(90)67-53(54)66-46)6-14-38(76)62-29(11-15-36(74)57-20-32(70)42(81)44(83)34(72)22-68)49(87)65-31(13-17-40(79)80)51(89)64-30(50(88)63-28(48(86)55-2)4-3-5-39(77)78)12-16-37(75)58-21-33(71)43(82)45(84)35(73)23-69/h7-10,19,24,28-35,42-45,56,68-73,81-84H,3-6,11-18,20-23H2,1-2H3,(H,55,86)(H,57,74)(H,58,75)(H,60,85)(H,62,76)(H,63,88)(H,64,89)(H,65,87)(H,77,78)(H,79,80)(H3,54,59,66,67,90)/t24-,28+,29+,30+,31+,32+,33+,34-,35-,42-,43-,44-,45-/m1/s1. The van der Waals surface area contributed by atoms with Crippen LogP contribution in [0.5, 0.6) is 0 Å². The summed E-state index contributed by atoms with van der Waals surface area (Å²) in [6.45, 7) is -1.84. The number of hydrogen-bond donors (Lipinski definition) is 23. The number of benzene rings is 1. The van der Waals surface area contributed by atoms with E-state index in [4.69, 9.17) is 21.1 Å². The van der Waals surface area contributed by atoms with Crippen molar-refractivity contribution in [3.63, 3.8) is 0 Å². The minimum absolute atomic E-state index is 0.0224. The Bertz CT molecular complexity index is 2960. The van der Waals surface area contributed by atoms with Crippen molar-refractivity contribution in [2.24, 2.45) is 0 Å². The molecule has 0 aliphatic heterocycles. The number of carboxylic acids is 2. The molecule has 13 atom stereocenters. The predicted octanol–water partition coefficient (Wildman–Crippen LogP) is -8.72. The van der Waals surface area contributed by atoms with Crippen LogP contribution in [0.2, 0.25) is 0 Å². The number of carboxylic acid groups (broad SMARTS) is 2. The minimum Gasteiger partial charge on any atom is -0.481 e. The van der Waals surface area contributed by atoms with E-state index >= 15 is 0 Å². The van der Waals surface area contributed by atoms with Gasteiger partial charge in [-0.05, 0) is 69.7 Å². The summed E-state index contributed by atoms with van der Waals surface area (Å²) in [6, 6.07) is -1.48. The number of nitrogens with zero attached hydrogens (tertiary/aromatic N) is 3. The molecule has 0 spiro atoms. The van der Waals surface area contributed by atoms with E-state index in [1.807, 2.05) is 0 Å². The van der Waals surface area contributed by atoms with Gasteiger partial charge in [0, 0.05) is 69.5 Å². The van der Waals surface area contributed by atoms with Crippen molar-refractivity contribution >= 4 is 82.0 Å². The molecule has 90 heavy (non-hydrogen) atoms. The van der Waals surface area contributed by atoms with Crippen molar-refractivity contribution in [3.8, 4) is 0 Å². The van der Waals surface area contributed by atoms with Gasteiger partial charge in [-0.2, -0.15) is 4.98 Å². The number of likely N-dealkylation sites (N-methyl/N-ethyl adjacent to an activating group) is 1. The summed E-state index contributed by atoms with van der Waals surface area (Å²) < 4.78 is 0. The third kappa shape index (κ3) is 25.8. The highest BCUT2D eigenvalue weighted by atomic mass is 16.4. The number of aromatic nitrogens is 4. The van der Waals surface area contributed by atoms with Crippen LogP contribution >= 0.6 is 0 Å². The lowest BCUT2D eigenvalue weighted by molar-refractivity contribution is -0.139. The number of carbonyl (C=O) groups is 10. The van der Waals surface area contributed by atoms with Crippen molar-refractivity contribution in [1.82, 2.24) is 62.5 Å². The van der Waals surface area contributed by atoms with Crippen molar-refractivity contribution in [2.75, 3.05) is 44.4 Å². The van der Waals surface area contributed by atoms with E-state index in [1.54, 1.807) is 19.1 Å². The predicted molar refractivity (Wildman–Crippen MR) is 309 cm³/mol. The lowest BCUT2D eigenvalue weighted by atomic mass is 10.0. The maximum atomic E-state index is 14.2. The minimum atomic E-state index is -2.08. The fourth-order valence-electron chi connectivity index (χ4n) is 8.31. The summed E-state index contributed by atoms with van der Waals surface area (Å²) in [5.41, 5.74) is 6.17. The van der Waals surface area contributed by atoms with Gasteiger partial charge in [0.05, 0.1) is 43.9 Å². The first-order valence-electron chi connectivity index (χ1n) is 28.2. The zero-order valence-corrected chi connectivity index (χ0v) is 49.0. The van der Waals surface area contributed by atoms with Gasteiger partial charge in [-0.15, -0.1) is 0 Å². The summed E-state index contributed by atoms with van der Waals surface area (Å²) in [5.74, 6) is -10.7. The smallest absolute Gasteiger partial charge is 0.303 e. The summed E-state index contributed by atoms with van der Waals surface area (Å²) in [6.07, 6.45) is -19.9. The Morgan fingerprint density at radius 1 is 0.556 bits per heavy atom. The summed E-state index contributed by atoms with van der Waals surface area (Å²) in [4.78, 5) is 158. The molecule has 24 N–H and O–H groups in total. The van der Waals surface area contributed by atoms with Gasteiger partial charge in [-0.25, -0.2) is 9.97 Å². The SMILES string of the molecule is CNC(=O)[C@H](CCCC(=O)O)NC(=O)[C@H](CCC(=O)NC[C@H](O)[C@@H](O)[C@H](O)[C@H](O)CO)NC(=O)[C@H](CCC(=O)O)NC(=O)[C@H](CCC(=O)NC[C@H](O)[C@@H](O)[C@H](O)[C@H](O)CO)NC(=O)CC[C@@H](C)NC(=O)c1ccc(NCc2cnc3nc(N)[nH]c(=O)c3n2)cc1. The molecule has 3 rings (SSSR count). The number of nitrogens with one attached hydrogen (secondary N) is 10. The lowest BCUT2D eigenvalue weighted by Crippen LogP contribution is -2.58. The topological polar surface area (TPSA) is 619 Å². The van der Waals surface area contributed by atoms with Crippen LogP contribution in [0.25, 0.3) is 11.2 Å². The first-order valence-corrected chi connectivity index (χ1v) is 28.2. The van der Waals surface area contributed by atoms with Crippen molar-refractivity contribution in [1.29, 1.82) is 0 Å². The van der Waals surface area contributed by atoms with Crippen LogP contribution in [0.3, 0.4) is 0 Å².